The van der Waals surface area contributed by atoms with E-state index in [-0.39, 0.29) is 0 Å². The van der Waals surface area contributed by atoms with Gasteiger partial charge in [0.15, 0.2) is 0 Å². The molecule has 1 aliphatic heterocycles. The molecule has 1 fully saturated rings. The summed E-state index contributed by atoms with van der Waals surface area (Å²) >= 11 is 0. The van der Waals surface area contributed by atoms with Crippen LogP contribution in [-0.2, 0) is 6.54 Å². The van der Waals surface area contributed by atoms with Crippen LogP contribution in [0.15, 0.2) is 60.9 Å². The van der Waals surface area contributed by atoms with Crippen LogP contribution in [0.5, 0.6) is 5.75 Å². The average molecular weight is 389 g/mol. The lowest BCUT2D eigenvalue weighted by Gasteiger charge is -2.36. The zero-order valence-electron chi connectivity index (χ0n) is 17.1. The molecule has 1 saturated heterocycles. The minimum absolute atomic E-state index is 0.389. The first-order valence-electron chi connectivity index (χ1n) is 10.2. The maximum atomic E-state index is 5.34. The first-order valence-corrected chi connectivity index (χ1v) is 10.2. The Morgan fingerprint density at radius 2 is 2.03 bits per heavy atom. The van der Waals surface area contributed by atoms with Gasteiger partial charge in [-0.1, -0.05) is 30.7 Å². The van der Waals surface area contributed by atoms with Crippen LogP contribution in [0, 0.1) is 0 Å². The Hall–Kier alpha value is -2.92. The van der Waals surface area contributed by atoms with Gasteiger partial charge in [-0.15, -0.1) is 0 Å². The van der Waals surface area contributed by atoms with Crippen molar-refractivity contribution in [2.75, 3.05) is 26.0 Å². The molecule has 5 heteroatoms. The lowest BCUT2D eigenvalue weighted by atomic mass is 9.95. The fraction of sp³-hybridized carbons (Fsp3) is 0.333. The van der Waals surface area contributed by atoms with Crippen LogP contribution in [0.25, 0.3) is 11.3 Å². The number of nitrogens with one attached hydrogen (secondary N) is 1. The number of ether oxygens (including phenoxy) is 1. The largest absolute Gasteiger partial charge is 0.497 e. The number of piperidine rings is 1. The van der Waals surface area contributed by atoms with Gasteiger partial charge in [-0.2, -0.15) is 0 Å². The van der Waals surface area contributed by atoms with Crippen LogP contribution < -0.4 is 10.1 Å². The third-order valence-electron chi connectivity index (χ3n) is 5.65. The van der Waals surface area contributed by atoms with Crippen LogP contribution in [-0.4, -0.2) is 35.6 Å². The summed E-state index contributed by atoms with van der Waals surface area (Å²) in [6.07, 6.45) is 7.53. The zero-order valence-corrected chi connectivity index (χ0v) is 17.1. The van der Waals surface area contributed by atoms with Gasteiger partial charge in [-0.3, -0.25) is 9.88 Å². The second-order valence-corrected chi connectivity index (χ2v) is 7.45. The first-order chi connectivity index (χ1) is 14.3. The Bertz CT molecular complexity index is 942. The monoisotopic (exact) mass is 388 g/mol. The Morgan fingerprint density at radius 3 is 2.83 bits per heavy atom. The standard InChI is InChI=1S/C24H28N4O/c1-25-24-20(8-6-13-26-24)17-28-14-4-3-10-23(28)19-11-12-22(27-16-19)18-7-5-9-21(15-18)29-2/h5-9,11-13,15-16,23H,3-4,10,14,17H2,1-2H3,(H,25,26)/t23-/m1/s1. The quantitative estimate of drug-likeness (QED) is 0.649. The number of aromatic nitrogens is 2. The minimum atomic E-state index is 0.389. The normalized spacial score (nSPS) is 17.1. The maximum absolute atomic E-state index is 5.34. The van der Waals surface area contributed by atoms with E-state index >= 15 is 0 Å². The Kier molecular flexibility index (Phi) is 6.06. The molecular weight excluding hydrogens is 360 g/mol. The third-order valence-corrected chi connectivity index (χ3v) is 5.65. The van der Waals surface area contributed by atoms with Crippen molar-refractivity contribution in [2.24, 2.45) is 0 Å². The second kappa shape index (κ2) is 9.05. The van der Waals surface area contributed by atoms with Crippen molar-refractivity contribution in [3.05, 3.63) is 72.1 Å². The smallest absolute Gasteiger partial charge is 0.130 e. The Labute approximate surface area is 172 Å². The summed E-state index contributed by atoms with van der Waals surface area (Å²) in [5, 5.41) is 3.21. The number of anilines is 1. The molecule has 3 heterocycles. The van der Waals surface area contributed by atoms with Gasteiger partial charge in [0.2, 0.25) is 0 Å². The van der Waals surface area contributed by atoms with Crippen molar-refractivity contribution in [1.82, 2.24) is 14.9 Å². The number of likely N-dealkylation sites (tertiary alicyclic amines) is 1. The fourth-order valence-electron chi connectivity index (χ4n) is 4.12. The van der Waals surface area contributed by atoms with E-state index in [1.807, 2.05) is 43.7 Å². The van der Waals surface area contributed by atoms with Crippen molar-refractivity contribution in [1.29, 1.82) is 0 Å². The first kappa shape index (κ1) is 19.4. The molecule has 0 spiro atoms. The SMILES string of the molecule is CNc1ncccc1CN1CCCC[C@@H]1c1ccc(-c2cccc(OC)c2)nc1. The van der Waals surface area contributed by atoms with Gasteiger partial charge in [0.25, 0.3) is 0 Å². The van der Waals surface area contributed by atoms with Crippen LogP contribution in [0.3, 0.4) is 0 Å². The highest BCUT2D eigenvalue weighted by molar-refractivity contribution is 5.61. The number of rotatable bonds is 6. The Balaban J connectivity index is 1.55. The summed E-state index contributed by atoms with van der Waals surface area (Å²) in [5.41, 5.74) is 4.57. The molecule has 4 rings (SSSR count). The van der Waals surface area contributed by atoms with E-state index in [0.29, 0.717) is 6.04 Å². The van der Waals surface area contributed by atoms with Gasteiger partial charge < -0.3 is 10.1 Å². The predicted octanol–water partition coefficient (Wildman–Crippen LogP) is 4.92. The molecule has 2 aromatic heterocycles. The number of methoxy groups -OCH3 is 1. The second-order valence-electron chi connectivity index (χ2n) is 7.45. The molecule has 150 valence electrons. The highest BCUT2D eigenvalue weighted by Gasteiger charge is 2.25. The molecule has 0 saturated carbocycles. The van der Waals surface area contributed by atoms with Gasteiger partial charge in [-0.25, -0.2) is 4.98 Å². The summed E-state index contributed by atoms with van der Waals surface area (Å²) in [6, 6.07) is 17.0. The van der Waals surface area contributed by atoms with E-state index in [4.69, 9.17) is 9.72 Å². The van der Waals surface area contributed by atoms with Crippen LogP contribution in [0.2, 0.25) is 0 Å². The molecule has 0 radical (unpaired) electrons. The molecule has 1 aromatic carbocycles. The minimum Gasteiger partial charge on any atom is -0.497 e. The van der Waals surface area contributed by atoms with E-state index < -0.39 is 0 Å². The predicted molar refractivity (Wildman–Crippen MR) is 117 cm³/mol. The Morgan fingerprint density at radius 1 is 1.10 bits per heavy atom. The average Bonchev–Trinajstić information content (AvgIpc) is 2.80. The van der Waals surface area contributed by atoms with Crippen molar-refractivity contribution >= 4 is 5.82 Å². The number of hydrogen-bond donors (Lipinski definition) is 1. The topological polar surface area (TPSA) is 50.3 Å². The van der Waals surface area contributed by atoms with Crippen molar-refractivity contribution in [3.8, 4) is 17.0 Å². The number of hydrogen-bond acceptors (Lipinski definition) is 5. The molecule has 0 bridgehead atoms. The van der Waals surface area contributed by atoms with Crippen LogP contribution in [0.1, 0.15) is 36.4 Å². The van der Waals surface area contributed by atoms with Gasteiger partial charge in [-0.05, 0) is 49.2 Å². The van der Waals surface area contributed by atoms with Gasteiger partial charge in [0.05, 0.1) is 12.8 Å². The van der Waals surface area contributed by atoms with E-state index in [2.05, 4.69) is 39.5 Å². The van der Waals surface area contributed by atoms with Crippen molar-refractivity contribution in [2.45, 2.75) is 31.8 Å². The summed E-state index contributed by atoms with van der Waals surface area (Å²) in [6.45, 7) is 1.99. The molecule has 0 aliphatic carbocycles. The molecule has 1 atom stereocenters. The van der Waals surface area contributed by atoms with Crippen LogP contribution >= 0.6 is 0 Å². The maximum Gasteiger partial charge on any atom is 0.130 e. The van der Waals surface area contributed by atoms with E-state index in [1.54, 1.807) is 7.11 Å². The summed E-state index contributed by atoms with van der Waals surface area (Å²) < 4.78 is 5.34. The lowest BCUT2D eigenvalue weighted by molar-refractivity contribution is 0.140. The van der Waals surface area contributed by atoms with E-state index in [0.717, 1.165) is 42.3 Å². The summed E-state index contributed by atoms with van der Waals surface area (Å²) in [7, 11) is 3.62. The molecule has 5 nitrogen and oxygen atoms in total. The van der Waals surface area contributed by atoms with E-state index in [1.165, 1.54) is 24.0 Å². The summed E-state index contributed by atoms with van der Waals surface area (Å²) in [5.74, 6) is 1.81. The molecule has 0 amide bonds. The number of benzene rings is 1. The van der Waals surface area contributed by atoms with Gasteiger partial charge >= 0.3 is 0 Å². The van der Waals surface area contributed by atoms with Gasteiger partial charge in [0, 0.05) is 43.2 Å². The molecule has 1 N–H and O–H groups in total. The molecule has 29 heavy (non-hydrogen) atoms. The molecular formula is C24H28N4O. The number of nitrogens with zero attached hydrogens (tertiary/aromatic N) is 3. The highest BCUT2D eigenvalue weighted by Crippen LogP contribution is 2.33. The highest BCUT2D eigenvalue weighted by atomic mass is 16.5. The molecule has 0 unspecified atom stereocenters. The van der Waals surface area contributed by atoms with Crippen LogP contribution in [0.4, 0.5) is 5.82 Å². The third kappa shape index (κ3) is 4.40. The van der Waals surface area contributed by atoms with Crippen molar-refractivity contribution in [3.63, 3.8) is 0 Å². The molecule has 3 aromatic rings. The van der Waals surface area contributed by atoms with Gasteiger partial charge in [0.1, 0.15) is 11.6 Å². The molecule has 1 aliphatic rings. The fourth-order valence-corrected chi connectivity index (χ4v) is 4.12. The van der Waals surface area contributed by atoms with Crippen molar-refractivity contribution < 1.29 is 4.74 Å². The zero-order chi connectivity index (χ0) is 20.1. The number of pyridine rings is 2. The lowest BCUT2D eigenvalue weighted by Crippen LogP contribution is -2.33. The van der Waals surface area contributed by atoms with E-state index in [9.17, 15) is 0 Å². The summed E-state index contributed by atoms with van der Waals surface area (Å²) in [4.78, 5) is 11.8.